The van der Waals surface area contributed by atoms with Gasteiger partial charge >= 0.3 is 5.97 Å². The molecule has 29 heavy (non-hydrogen) atoms. The Kier molecular flexibility index (Phi) is 7.00. The Morgan fingerprint density at radius 1 is 1.07 bits per heavy atom. The lowest BCUT2D eigenvalue weighted by Gasteiger charge is -2.36. The number of methoxy groups -OCH3 is 1. The second-order valence-electron chi connectivity index (χ2n) is 6.72. The lowest BCUT2D eigenvalue weighted by atomic mass is 10.1. The summed E-state index contributed by atoms with van der Waals surface area (Å²) in [4.78, 5) is 29.4. The number of likely N-dealkylation sites (N-methyl/N-ethyl adjacent to an activating group) is 1. The molecule has 8 heteroatoms. The summed E-state index contributed by atoms with van der Waals surface area (Å²) in [6.45, 7) is 6.66. The van der Waals surface area contributed by atoms with E-state index in [1.165, 1.54) is 13.2 Å². The van der Waals surface area contributed by atoms with Crippen molar-refractivity contribution >= 4 is 46.5 Å². The number of rotatable bonds is 5. The maximum Gasteiger partial charge on any atom is 0.337 e. The fraction of sp³-hybridized carbons (Fsp3) is 0.333. The van der Waals surface area contributed by atoms with Gasteiger partial charge in [-0.2, -0.15) is 0 Å². The summed E-state index contributed by atoms with van der Waals surface area (Å²) in [6, 6.07) is 9.89. The van der Waals surface area contributed by atoms with Crippen LogP contribution in [0.1, 0.15) is 27.6 Å². The number of carbonyl (C=O) groups excluding carboxylic acids is 2. The molecule has 2 aromatic rings. The van der Waals surface area contributed by atoms with Crippen LogP contribution >= 0.6 is 23.2 Å². The predicted octanol–water partition coefficient (Wildman–Crippen LogP) is 4.17. The van der Waals surface area contributed by atoms with Gasteiger partial charge in [-0.15, -0.1) is 0 Å². The van der Waals surface area contributed by atoms with E-state index in [1.54, 1.807) is 24.3 Å². The molecule has 1 saturated heterocycles. The van der Waals surface area contributed by atoms with E-state index >= 15 is 0 Å². The molecule has 1 N–H and O–H groups in total. The van der Waals surface area contributed by atoms with Gasteiger partial charge in [-0.05, 0) is 42.9 Å². The average molecular weight is 436 g/mol. The number of hydrogen-bond donors (Lipinski definition) is 1. The molecule has 0 spiro atoms. The third-order valence-electron chi connectivity index (χ3n) is 5.00. The molecule has 0 saturated carbocycles. The van der Waals surface area contributed by atoms with Crippen molar-refractivity contribution in [2.45, 2.75) is 6.92 Å². The minimum Gasteiger partial charge on any atom is -0.465 e. The number of nitrogens with zero attached hydrogens (tertiary/aromatic N) is 2. The molecule has 2 aromatic carbocycles. The summed E-state index contributed by atoms with van der Waals surface area (Å²) in [5.41, 5.74) is 2.00. The Morgan fingerprint density at radius 3 is 2.45 bits per heavy atom. The van der Waals surface area contributed by atoms with E-state index in [2.05, 4.69) is 22.0 Å². The fourth-order valence-electron chi connectivity index (χ4n) is 3.32. The van der Waals surface area contributed by atoms with Gasteiger partial charge in [0.05, 0.1) is 34.6 Å². The van der Waals surface area contributed by atoms with Gasteiger partial charge in [0.15, 0.2) is 0 Å². The van der Waals surface area contributed by atoms with E-state index in [1.807, 2.05) is 6.07 Å². The van der Waals surface area contributed by atoms with E-state index in [0.29, 0.717) is 21.3 Å². The maximum atomic E-state index is 12.9. The van der Waals surface area contributed by atoms with Crippen molar-refractivity contribution in [1.82, 2.24) is 4.90 Å². The number of benzene rings is 2. The maximum absolute atomic E-state index is 12.9. The van der Waals surface area contributed by atoms with E-state index in [-0.39, 0.29) is 5.56 Å². The highest BCUT2D eigenvalue weighted by Gasteiger charge is 2.21. The van der Waals surface area contributed by atoms with Crippen LogP contribution in [0.15, 0.2) is 36.4 Å². The first-order valence-electron chi connectivity index (χ1n) is 9.39. The largest absolute Gasteiger partial charge is 0.465 e. The van der Waals surface area contributed by atoms with Crippen molar-refractivity contribution in [2.24, 2.45) is 0 Å². The van der Waals surface area contributed by atoms with Crippen LogP contribution in [0.5, 0.6) is 0 Å². The predicted molar refractivity (Wildman–Crippen MR) is 117 cm³/mol. The smallest absolute Gasteiger partial charge is 0.337 e. The zero-order chi connectivity index (χ0) is 21.0. The molecule has 1 aliphatic heterocycles. The molecular formula is C21H23Cl2N3O3. The quantitative estimate of drug-likeness (QED) is 0.713. The first kappa shape index (κ1) is 21.4. The van der Waals surface area contributed by atoms with Gasteiger partial charge in [0.2, 0.25) is 0 Å². The van der Waals surface area contributed by atoms with Crippen molar-refractivity contribution in [3.8, 4) is 0 Å². The van der Waals surface area contributed by atoms with Crippen molar-refractivity contribution in [3.63, 3.8) is 0 Å². The van der Waals surface area contributed by atoms with E-state index in [0.717, 1.165) is 38.4 Å². The molecule has 0 unspecified atom stereocenters. The molecule has 0 aromatic heterocycles. The monoisotopic (exact) mass is 435 g/mol. The number of nitrogens with one attached hydrogen (secondary N) is 1. The van der Waals surface area contributed by atoms with Gasteiger partial charge < -0.3 is 19.9 Å². The Bertz CT molecular complexity index is 912. The Morgan fingerprint density at radius 2 is 1.79 bits per heavy atom. The minimum absolute atomic E-state index is 0.268. The molecular weight excluding hydrogens is 413 g/mol. The zero-order valence-electron chi connectivity index (χ0n) is 16.4. The van der Waals surface area contributed by atoms with Crippen LogP contribution in [0, 0.1) is 0 Å². The molecule has 1 amide bonds. The lowest BCUT2D eigenvalue weighted by molar-refractivity contribution is 0.0600. The van der Waals surface area contributed by atoms with Crippen LogP contribution in [0.25, 0.3) is 0 Å². The third-order valence-corrected chi connectivity index (χ3v) is 5.56. The molecule has 0 atom stereocenters. The van der Waals surface area contributed by atoms with E-state index in [9.17, 15) is 9.59 Å². The zero-order valence-corrected chi connectivity index (χ0v) is 17.9. The molecule has 1 heterocycles. The second kappa shape index (κ2) is 9.48. The second-order valence-corrected chi connectivity index (χ2v) is 7.57. The van der Waals surface area contributed by atoms with Gasteiger partial charge in [0.25, 0.3) is 5.91 Å². The van der Waals surface area contributed by atoms with Gasteiger partial charge in [-0.3, -0.25) is 4.79 Å². The van der Waals surface area contributed by atoms with E-state index < -0.39 is 11.9 Å². The SMILES string of the molecule is CCN1CCN(c2ccc(C(=O)OC)cc2NC(=O)c2cc(Cl)ccc2Cl)CC1. The minimum atomic E-state index is -0.469. The standard InChI is InChI=1S/C21H23Cl2N3O3/c1-3-25-8-10-26(11-9-25)19-7-4-14(21(28)29-2)12-18(19)24-20(27)16-13-15(22)5-6-17(16)23/h4-7,12-13H,3,8-11H2,1-2H3,(H,24,27). The van der Waals surface area contributed by atoms with Gasteiger partial charge in [-0.25, -0.2) is 4.79 Å². The Balaban J connectivity index is 1.92. The molecule has 0 aliphatic carbocycles. The number of amides is 1. The van der Waals surface area contributed by atoms with Crippen molar-refractivity contribution < 1.29 is 14.3 Å². The molecule has 1 aliphatic rings. The highest BCUT2D eigenvalue weighted by molar-refractivity contribution is 6.36. The fourth-order valence-corrected chi connectivity index (χ4v) is 3.70. The number of hydrogen-bond acceptors (Lipinski definition) is 5. The van der Waals surface area contributed by atoms with Gasteiger partial charge in [-0.1, -0.05) is 30.1 Å². The number of anilines is 2. The first-order valence-corrected chi connectivity index (χ1v) is 10.1. The summed E-state index contributed by atoms with van der Waals surface area (Å²) in [7, 11) is 1.32. The van der Waals surface area contributed by atoms with Crippen molar-refractivity contribution in [3.05, 3.63) is 57.6 Å². The van der Waals surface area contributed by atoms with Crippen LogP contribution in [0.2, 0.25) is 10.0 Å². The van der Waals surface area contributed by atoms with Gasteiger partial charge in [0.1, 0.15) is 0 Å². The highest BCUT2D eigenvalue weighted by Crippen LogP contribution is 2.30. The lowest BCUT2D eigenvalue weighted by Crippen LogP contribution is -2.46. The first-order chi connectivity index (χ1) is 13.9. The third kappa shape index (κ3) is 5.01. The topological polar surface area (TPSA) is 61.9 Å². The van der Waals surface area contributed by atoms with Crippen LogP contribution in [-0.2, 0) is 4.74 Å². The number of halogens is 2. The van der Waals surface area contributed by atoms with Gasteiger partial charge in [0, 0.05) is 31.2 Å². The summed E-state index contributed by atoms with van der Waals surface area (Å²) in [5, 5.41) is 3.61. The average Bonchev–Trinajstić information content (AvgIpc) is 2.74. The van der Waals surface area contributed by atoms with Crippen LogP contribution in [-0.4, -0.2) is 56.6 Å². The normalized spacial score (nSPS) is 14.6. The van der Waals surface area contributed by atoms with Crippen LogP contribution in [0.4, 0.5) is 11.4 Å². The highest BCUT2D eigenvalue weighted by atomic mass is 35.5. The molecule has 0 bridgehead atoms. The number of piperazine rings is 1. The molecule has 1 fully saturated rings. The molecule has 0 radical (unpaired) electrons. The Labute approximate surface area is 180 Å². The molecule has 6 nitrogen and oxygen atoms in total. The van der Waals surface area contributed by atoms with Crippen LogP contribution in [0.3, 0.4) is 0 Å². The summed E-state index contributed by atoms with van der Waals surface area (Å²) >= 11 is 12.2. The Hall–Kier alpha value is -2.28. The summed E-state index contributed by atoms with van der Waals surface area (Å²) < 4.78 is 4.82. The van der Waals surface area contributed by atoms with Crippen molar-refractivity contribution in [2.75, 3.05) is 50.1 Å². The number of carbonyl (C=O) groups is 2. The van der Waals surface area contributed by atoms with Crippen LogP contribution < -0.4 is 10.2 Å². The molecule has 154 valence electrons. The van der Waals surface area contributed by atoms with E-state index in [4.69, 9.17) is 27.9 Å². The number of ether oxygens (including phenoxy) is 1. The van der Waals surface area contributed by atoms with Crippen molar-refractivity contribution in [1.29, 1.82) is 0 Å². The summed E-state index contributed by atoms with van der Waals surface area (Å²) in [6.07, 6.45) is 0. The summed E-state index contributed by atoms with van der Waals surface area (Å²) in [5.74, 6) is -0.864. The molecule has 3 rings (SSSR count). The number of esters is 1.